The Kier molecular flexibility index (Phi) is 8.39. The molecule has 0 bridgehead atoms. The second-order valence-electron chi connectivity index (χ2n) is 2.74. The molecule has 1 heterocycles. The van der Waals surface area contributed by atoms with Crippen molar-refractivity contribution >= 4 is 0 Å². The van der Waals surface area contributed by atoms with Crippen molar-refractivity contribution in [1.29, 1.82) is 0 Å². The van der Waals surface area contributed by atoms with E-state index in [1.807, 2.05) is 64.1 Å². The van der Waals surface area contributed by atoms with Gasteiger partial charge < -0.3 is 0 Å². The Morgan fingerprint density at radius 3 is 1.82 bits per heavy atom. The van der Waals surface area contributed by atoms with Gasteiger partial charge in [-0.1, -0.05) is 52.0 Å². The number of hydrogen-bond donors (Lipinski definition) is 0. The molecule has 2 aromatic rings. The third kappa shape index (κ3) is 4.68. The van der Waals surface area contributed by atoms with Crippen LogP contribution in [0.15, 0.2) is 59.5 Å². The molecule has 0 saturated carbocycles. The lowest BCUT2D eigenvalue weighted by molar-refractivity contribution is 0.991. The molecular weight excluding hydrogens is 210 g/mol. The van der Waals surface area contributed by atoms with Crippen LogP contribution in [0.1, 0.15) is 27.7 Å². The zero-order valence-electron chi connectivity index (χ0n) is 11.1. The van der Waals surface area contributed by atoms with Crippen molar-refractivity contribution in [3.05, 3.63) is 65.1 Å². The lowest BCUT2D eigenvalue weighted by Gasteiger charge is -2.02. The minimum atomic E-state index is -0.00583. The Labute approximate surface area is 104 Å². The molecule has 1 aromatic carbocycles. The van der Waals surface area contributed by atoms with E-state index in [4.69, 9.17) is 0 Å². The number of pyridine rings is 1. The van der Waals surface area contributed by atoms with Crippen molar-refractivity contribution in [3.63, 3.8) is 0 Å². The van der Waals surface area contributed by atoms with E-state index in [2.05, 4.69) is 0 Å². The smallest absolute Gasteiger partial charge is 0.255 e. The van der Waals surface area contributed by atoms with E-state index >= 15 is 0 Å². The highest BCUT2D eigenvalue weighted by Crippen LogP contribution is 2.02. The van der Waals surface area contributed by atoms with Gasteiger partial charge >= 0.3 is 0 Å². The first kappa shape index (κ1) is 15.2. The molecule has 0 N–H and O–H groups in total. The zero-order chi connectivity index (χ0) is 13.1. The average molecular weight is 231 g/mol. The van der Waals surface area contributed by atoms with Gasteiger partial charge in [0.2, 0.25) is 0 Å². The molecule has 92 valence electrons. The first-order valence-corrected chi connectivity index (χ1v) is 6.11. The normalized spacial score (nSPS) is 8.24. The molecule has 0 radical (unpaired) electrons. The lowest BCUT2D eigenvalue weighted by Crippen LogP contribution is -2.15. The highest BCUT2D eigenvalue weighted by atomic mass is 16.1. The monoisotopic (exact) mass is 231 g/mol. The molecule has 0 unspecified atom stereocenters. The fourth-order valence-corrected chi connectivity index (χ4v) is 1.23. The van der Waals surface area contributed by atoms with E-state index in [0.29, 0.717) is 0 Å². The molecule has 0 atom stereocenters. The summed E-state index contributed by atoms with van der Waals surface area (Å²) < 4.78 is 1.61. The van der Waals surface area contributed by atoms with E-state index in [1.165, 1.54) is 0 Å². The minimum Gasteiger partial charge on any atom is -0.284 e. The second kappa shape index (κ2) is 9.40. The number of hydrogen-bond acceptors (Lipinski definition) is 1. The summed E-state index contributed by atoms with van der Waals surface area (Å²) in [6.07, 6.45) is 1.76. The van der Waals surface area contributed by atoms with Crippen LogP contribution in [0.25, 0.3) is 5.69 Å². The second-order valence-corrected chi connectivity index (χ2v) is 2.74. The Balaban J connectivity index is 0.000000581. The van der Waals surface area contributed by atoms with Crippen LogP contribution in [0.3, 0.4) is 0 Å². The number of rotatable bonds is 1. The molecule has 2 rings (SSSR count). The van der Waals surface area contributed by atoms with Gasteiger partial charge in [-0.2, -0.15) is 0 Å². The molecule has 0 spiro atoms. The molecule has 2 heteroatoms. The summed E-state index contributed by atoms with van der Waals surface area (Å²) in [5.41, 5.74) is 0.891. The van der Waals surface area contributed by atoms with Crippen LogP contribution in [0.2, 0.25) is 0 Å². The Bertz CT molecular complexity index is 446. The summed E-state index contributed by atoms with van der Waals surface area (Å²) in [7, 11) is 0. The predicted octanol–water partition coefficient (Wildman–Crippen LogP) is 3.89. The van der Waals surface area contributed by atoms with Crippen LogP contribution in [0.4, 0.5) is 0 Å². The van der Waals surface area contributed by atoms with Gasteiger partial charge in [0.1, 0.15) is 0 Å². The fraction of sp³-hybridized carbons (Fsp3) is 0.267. The average Bonchev–Trinajstić information content (AvgIpc) is 2.45. The molecule has 0 aliphatic rings. The molecule has 0 fully saturated rings. The highest BCUT2D eigenvalue weighted by molar-refractivity contribution is 5.31. The van der Waals surface area contributed by atoms with Crippen LogP contribution >= 0.6 is 0 Å². The maximum atomic E-state index is 11.4. The van der Waals surface area contributed by atoms with Gasteiger partial charge in [0, 0.05) is 18.0 Å². The summed E-state index contributed by atoms with van der Waals surface area (Å²) in [6.45, 7) is 8.00. The Hall–Kier alpha value is -1.83. The van der Waals surface area contributed by atoms with Crippen LogP contribution < -0.4 is 5.56 Å². The van der Waals surface area contributed by atoms with Gasteiger partial charge in [0.15, 0.2) is 0 Å². The first-order valence-electron chi connectivity index (χ1n) is 6.11. The minimum absolute atomic E-state index is 0.00583. The number of benzene rings is 1. The van der Waals surface area contributed by atoms with Gasteiger partial charge in [-0.05, 0) is 18.2 Å². The zero-order valence-corrected chi connectivity index (χ0v) is 11.1. The van der Waals surface area contributed by atoms with Crippen molar-refractivity contribution < 1.29 is 0 Å². The van der Waals surface area contributed by atoms with Gasteiger partial charge in [0.25, 0.3) is 5.56 Å². The summed E-state index contributed by atoms with van der Waals surface area (Å²) in [6, 6.07) is 14.7. The summed E-state index contributed by atoms with van der Waals surface area (Å²) in [5, 5.41) is 0. The Morgan fingerprint density at radius 2 is 1.29 bits per heavy atom. The fourth-order valence-electron chi connectivity index (χ4n) is 1.23. The van der Waals surface area contributed by atoms with E-state index < -0.39 is 0 Å². The maximum Gasteiger partial charge on any atom is 0.255 e. The molecule has 17 heavy (non-hydrogen) atoms. The Morgan fingerprint density at radius 1 is 0.765 bits per heavy atom. The molecule has 0 aliphatic carbocycles. The molecule has 2 nitrogen and oxygen atoms in total. The van der Waals surface area contributed by atoms with Crippen LogP contribution in [-0.4, -0.2) is 4.57 Å². The molecule has 0 amide bonds. The quantitative estimate of drug-likeness (QED) is 0.729. The maximum absolute atomic E-state index is 11.4. The predicted molar refractivity (Wildman–Crippen MR) is 74.7 cm³/mol. The van der Waals surface area contributed by atoms with Crippen molar-refractivity contribution in [1.82, 2.24) is 4.57 Å². The SMILES string of the molecule is CC.CC.O=c1ccccn1-c1ccccc1. The van der Waals surface area contributed by atoms with Crippen molar-refractivity contribution in [2.75, 3.05) is 0 Å². The van der Waals surface area contributed by atoms with Crippen LogP contribution in [0.5, 0.6) is 0 Å². The van der Waals surface area contributed by atoms with Crippen LogP contribution in [0, 0.1) is 0 Å². The van der Waals surface area contributed by atoms with E-state index in [-0.39, 0.29) is 5.56 Å². The van der Waals surface area contributed by atoms with Crippen LogP contribution in [-0.2, 0) is 0 Å². The van der Waals surface area contributed by atoms with E-state index in [0.717, 1.165) is 5.69 Å². The van der Waals surface area contributed by atoms with Crippen molar-refractivity contribution in [3.8, 4) is 5.69 Å². The van der Waals surface area contributed by atoms with E-state index in [9.17, 15) is 4.79 Å². The van der Waals surface area contributed by atoms with Gasteiger partial charge in [-0.25, -0.2) is 0 Å². The summed E-state index contributed by atoms with van der Waals surface area (Å²) >= 11 is 0. The number of para-hydroxylation sites is 1. The molecular formula is C15H21NO. The standard InChI is InChI=1S/C11H9NO.2C2H6/c13-11-8-4-5-9-12(11)10-6-2-1-3-7-10;2*1-2/h1-9H;2*1-2H3. The largest absolute Gasteiger partial charge is 0.284 e. The number of aromatic nitrogens is 1. The molecule has 1 aromatic heterocycles. The molecule has 0 saturated heterocycles. The third-order valence-corrected chi connectivity index (χ3v) is 1.86. The topological polar surface area (TPSA) is 22.0 Å². The lowest BCUT2D eigenvalue weighted by atomic mass is 10.3. The third-order valence-electron chi connectivity index (χ3n) is 1.86. The van der Waals surface area contributed by atoms with Gasteiger partial charge in [0.05, 0.1) is 0 Å². The van der Waals surface area contributed by atoms with Gasteiger partial charge in [-0.15, -0.1) is 0 Å². The van der Waals surface area contributed by atoms with Crippen molar-refractivity contribution in [2.24, 2.45) is 0 Å². The number of nitrogens with zero attached hydrogens (tertiary/aromatic N) is 1. The first-order chi connectivity index (χ1) is 8.38. The van der Waals surface area contributed by atoms with Gasteiger partial charge in [-0.3, -0.25) is 9.36 Å². The highest BCUT2D eigenvalue weighted by Gasteiger charge is 1.94. The summed E-state index contributed by atoms with van der Waals surface area (Å²) in [5.74, 6) is 0. The van der Waals surface area contributed by atoms with Crippen molar-refractivity contribution in [2.45, 2.75) is 27.7 Å². The molecule has 0 aliphatic heterocycles. The summed E-state index contributed by atoms with van der Waals surface area (Å²) in [4.78, 5) is 11.4. The van der Waals surface area contributed by atoms with E-state index in [1.54, 1.807) is 22.9 Å².